The molecule has 25 heavy (non-hydrogen) atoms. The van der Waals surface area contributed by atoms with E-state index < -0.39 is 0 Å². The fourth-order valence-corrected chi connectivity index (χ4v) is 2.68. The molecule has 0 N–H and O–H groups in total. The van der Waals surface area contributed by atoms with Gasteiger partial charge in [-0.25, -0.2) is 9.97 Å². The molecule has 4 aromatic rings. The molecule has 0 fully saturated rings. The highest BCUT2D eigenvalue weighted by Crippen LogP contribution is 2.25. The number of nitrogens with zero attached hydrogens (tertiary/aromatic N) is 5. The first-order chi connectivity index (χ1) is 12.2. The summed E-state index contributed by atoms with van der Waals surface area (Å²) in [6, 6.07) is 7.81. The van der Waals surface area contributed by atoms with Gasteiger partial charge in [0.15, 0.2) is 6.61 Å². The summed E-state index contributed by atoms with van der Waals surface area (Å²) in [5.41, 5.74) is 2.62. The van der Waals surface area contributed by atoms with Crippen molar-refractivity contribution in [2.75, 3.05) is 0 Å². The van der Waals surface area contributed by atoms with Crippen LogP contribution in [0.2, 0.25) is 0 Å². The van der Waals surface area contributed by atoms with Crippen molar-refractivity contribution in [3.63, 3.8) is 0 Å². The Bertz CT molecular complexity index is 1010. The average molecular weight is 335 g/mol. The number of aromatic nitrogens is 5. The van der Waals surface area contributed by atoms with Gasteiger partial charge in [0.2, 0.25) is 11.8 Å². The molecule has 0 spiro atoms. The summed E-state index contributed by atoms with van der Waals surface area (Å²) in [5.74, 6) is 2.44. The van der Waals surface area contributed by atoms with Crippen LogP contribution < -0.4 is 4.74 Å². The Hall–Kier alpha value is -3.22. The number of hydrogen-bond acceptors (Lipinski definition) is 6. The summed E-state index contributed by atoms with van der Waals surface area (Å²) < 4.78 is 13.4. The van der Waals surface area contributed by atoms with E-state index in [9.17, 15) is 0 Å². The van der Waals surface area contributed by atoms with Crippen molar-refractivity contribution < 1.29 is 9.15 Å². The van der Waals surface area contributed by atoms with Gasteiger partial charge < -0.3 is 13.7 Å². The van der Waals surface area contributed by atoms with Crippen molar-refractivity contribution in [1.29, 1.82) is 0 Å². The molecule has 0 saturated heterocycles. The predicted molar refractivity (Wildman–Crippen MR) is 91.2 cm³/mol. The maximum atomic E-state index is 5.89. The number of aryl methyl sites for hydroxylation is 2. The highest BCUT2D eigenvalue weighted by atomic mass is 16.5. The first kappa shape index (κ1) is 15.3. The fourth-order valence-electron chi connectivity index (χ4n) is 2.68. The van der Waals surface area contributed by atoms with Crippen molar-refractivity contribution in [1.82, 2.24) is 24.5 Å². The first-order valence-corrected chi connectivity index (χ1v) is 7.96. The lowest BCUT2D eigenvalue weighted by Crippen LogP contribution is -2.05. The average Bonchev–Trinajstić information content (AvgIpc) is 3.20. The van der Waals surface area contributed by atoms with Gasteiger partial charge >= 0.3 is 0 Å². The Labute approximate surface area is 144 Å². The topological polar surface area (TPSA) is 78.9 Å². The highest BCUT2D eigenvalue weighted by Gasteiger charge is 2.14. The summed E-state index contributed by atoms with van der Waals surface area (Å²) in [6.07, 6.45) is 5.42. The third-order valence-corrected chi connectivity index (χ3v) is 3.75. The smallest absolute Gasteiger partial charge is 0.242 e. The molecule has 0 aromatic carbocycles. The zero-order valence-electron chi connectivity index (χ0n) is 14.0. The fraction of sp³-hybridized carbons (Fsp3) is 0.222. The second-order valence-electron chi connectivity index (χ2n) is 5.73. The minimum atomic E-state index is 0.216. The molecular formula is C18H17N5O2. The molecule has 0 atom stereocenters. The molecule has 0 bridgehead atoms. The van der Waals surface area contributed by atoms with Crippen molar-refractivity contribution in [2.24, 2.45) is 0 Å². The van der Waals surface area contributed by atoms with Gasteiger partial charge in [0.25, 0.3) is 0 Å². The van der Waals surface area contributed by atoms with Gasteiger partial charge in [-0.05, 0) is 32.0 Å². The minimum Gasteiger partial charge on any atom is -0.466 e. The molecule has 7 heteroatoms. The summed E-state index contributed by atoms with van der Waals surface area (Å²) >= 11 is 0. The Morgan fingerprint density at radius 1 is 1.12 bits per heavy atom. The maximum Gasteiger partial charge on any atom is 0.242 e. The molecular weight excluding hydrogens is 318 g/mol. The van der Waals surface area contributed by atoms with Crippen LogP contribution in [0.25, 0.3) is 11.0 Å². The lowest BCUT2D eigenvalue weighted by atomic mass is 10.3. The van der Waals surface area contributed by atoms with Crippen LogP contribution in [-0.4, -0.2) is 24.5 Å². The van der Waals surface area contributed by atoms with E-state index in [1.807, 2.05) is 48.9 Å². The van der Waals surface area contributed by atoms with Crippen molar-refractivity contribution in [2.45, 2.75) is 27.0 Å². The van der Waals surface area contributed by atoms with Gasteiger partial charge in [-0.2, -0.15) is 4.98 Å². The Kier molecular flexibility index (Phi) is 3.89. The Balaban J connectivity index is 1.68. The Morgan fingerprint density at radius 3 is 2.80 bits per heavy atom. The van der Waals surface area contributed by atoms with Crippen LogP contribution in [0.4, 0.5) is 0 Å². The summed E-state index contributed by atoms with van der Waals surface area (Å²) in [4.78, 5) is 17.5. The predicted octanol–water partition coefficient (Wildman–Crippen LogP) is 3.06. The lowest BCUT2D eigenvalue weighted by molar-refractivity contribution is 0.253. The van der Waals surface area contributed by atoms with E-state index in [2.05, 4.69) is 19.9 Å². The summed E-state index contributed by atoms with van der Waals surface area (Å²) in [6.45, 7) is 4.53. The van der Waals surface area contributed by atoms with E-state index >= 15 is 0 Å². The van der Waals surface area contributed by atoms with Gasteiger partial charge in [0.1, 0.15) is 17.1 Å². The SMILES string of the molecule is Cc1nc(OCc2ncc(C)o2)c2c(ccn2Cc2ccccn2)n1. The van der Waals surface area contributed by atoms with Crippen LogP contribution >= 0.6 is 0 Å². The van der Waals surface area contributed by atoms with Gasteiger partial charge in [0.05, 0.1) is 24.0 Å². The highest BCUT2D eigenvalue weighted by molar-refractivity contribution is 5.80. The quantitative estimate of drug-likeness (QED) is 0.558. The minimum absolute atomic E-state index is 0.216. The van der Waals surface area contributed by atoms with Crippen LogP contribution in [0.5, 0.6) is 5.88 Å². The second kappa shape index (κ2) is 6.35. The molecule has 0 aliphatic heterocycles. The summed E-state index contributed by atoms with van der Waals surface area (Å²) in [7, 11) is 0. The van der Waals surface area contributed by atoms with Crippen molar-refractivity contribution >= 4 is 11.0 Å². The number of oxazole rings is 1. The molecule has 0 unspecified atom stereocenters. The van der Waals surface area contributed by atoms with Gasteiger partial charge in [-0.1, -0.05) is 6.07 Å². The van der Waals surface area contributed by atoms with Crippen LogP contribution in [-0.2, 0) is 13.2 Å². The number of pyridine rings is 1. The number of fused-ring (bicyclic) bond motifs is 1. The largest absolute Gasteiger partial charge is 0.466 e. The maximum absolute atomic E-state index is 5.89. The third kappa shape index (κ3) is 3.21. The van der Waals surface area contributed by atoms with Crippen LogP contribution in [0.3, 0.4) is 0 Å². The number of rotatable bonds is 5. The zero-order valence-corrected chi connectivity index (χ0v) is 14.0. The van der Waals surface area contributed by atoms with Gasteiger partial charge in [0, 0.05) is 12.4 Å². The molecule has 126 valence electrons. The van der Waals surface area contributed by atoms with E-state index in [0.717, 1.165) is 22.5 Å². The molecule has 0 radical (unpaired) electrons. The molecule has 0 amide bonds. The van der Waals surface area contributed by atoms with Crippen LogP contribution in [0, 0.1) is 13.8 Å². The number of ether oxygens (including phenoxy) is 1. The van der Waals surface area contributed by atoms with E-state index in [4.69, 9.17) is 9.15 Å². The van der Waals surface area contributed by atoms with E-state index in [1.54, 1.807) is 12.4 Å². The molecule has 7 nitrogen and oxygen atoms in total. The lowest BCUT2D eigenvalue weighted by Gasteiger charge is -2.10. The van der Waals surface area contributed by atoms with Gasteiger partial charge in [-0.15, -0.1) is 0 Å². The third-order valence-electron chi connectivity index (χ3n) is 3.75. The van der Waals surface area contributed by atoms with E-state index in [1.165, 1.54) is 0 Å². The molecule has 4 heterocycles. The second-order valence-corrected chi connectivity index (χ2v) is 5.73. The standard InChI is InChI=1S/C18H17N5O2/c1-12-9-20-16(25-12)11-24-18-17-15(21-13(2)22-18)6-8-23(17)10-14-5-3-4-7-19-14/h3-9H,10-11H2,1-2H3. The van der Waals surface area contributed by atoms with Crippen LogP contribution in [0.1, 0.15) is 23.2 Å². The summed E-state index contributed by atoms with van der Waals surface area (Å²) in [5, 5.41) is 0. The number of hydrogen-bond donors (Lipinski definition) is 0. The monoisotopic (exact) mass is 335 g/mol. The van der Waals surface area contributed by atoms with Crippen molar-refractivity contribution in [3.05, 3.63) is 66.0 Å². The normalized spacial score (nSPS) is 11.1. The van der Waals surface area contributed by atoms with Crippen molar-refractivity contribution in [3.8, 4) is 5.88 Å². The molecule has 0 aliphatic rings. The van der Waals surface area contributed by atoms with Crippen LogP contribution in [0.15, 0.2) is 47.3 Å². The first-order valence-electron chi connectivity index (χ1n) is 7.96. The molecule has 0 saturated carbocycles. The molecule has 0 aliphatic carbocycles. The Morgan fingerprint density at radius 2 is 2.04 bits per heavy atom. The van der Waals surface area contributed by atoms with Gasteiger partial charge in [-0.3, -0.25) is 4.98 Å². The molecule has 4 aromatic heterocycles. The molecule has 4 rings (SSSR count). The zero-order chi connectivity index (χ0) is 17.2. The van der Waals surface area contributed by atoms with E-state index in [-0.39, 0.29) is 6.61 Å². The van der Waals surface area contributed by atoms with E-state index in [0.29, 0.717) is 24.1 Å².